The van der Waals surface area contributed by atoms with Gasteiger partial charge in [-0.2, -0.15) is 0 Å². The molecule has 2 unspecified atom stereocenters. The van der Waals surface area contributed by atoms with Gasteiger partial charge in [-0.15, -0.1) is 0 Å². The predicted octanol–water partition coefficient (Wildman–Crippen LogP) is 2.34. The fourth-order valence-corrected chi connectivity index (χ4v) is 1.70. The lowest BCUT2D eigenvalue weighted by Crippen LogP contribution is -2.31. The fraction of sp³-hybridized carbons (Fsp3) is 0.615. The Morgan fingerprint density at radius 1 is 1.20 bits per heavy atom. The van der Waals surface area contributed by atoms with Crippen LogP contribution in [-0.4, -0.2) is 17.0 Å². The van der Waals surface area contributed by atoms with Crippen molar-refractivity contribution in [2.45, 2.75) is 33.8 Å². The second-order valence-electron chi connectivity index (χ2n) is 4.82. The van der Waals surface area contributed by atoms with Gasteiger partial charge in [-0.25, -0.2) is 0 Å². The minimum absolute atomic E-state index is 0.0144. The van der Waals surface area contributed by atoms with Gasteiger partial charge in [0.25, 0.3) is 0 Å². The second-order valence-corrected chi connectivity index (χ2v) is 4.82. The number of carbonyl (C=O) groups excluding carboxylic acids is 1. The van der Waals surface area contributed by atoms with Crippen LogP contribution in [0.2, 0.25) is 0 Å². The molecule has 0 saturated carbocycles. The maximum Gasteiger partial charge on any atom is 0.165 e. The highest BCUT2D eigenvalue weighted by Gasteiger charge is 2.28. The molecule has 0 saturated heterocycles. The fourth-order valence-electron chi connectivity index (χ4n) is 1.70. The monoisotopic (exact) mass is 208 g/mol. The van der Waals surface area contributed by atoms with Crippen LogP contribution in [0, 0.1) is 17.8 Å². The van der Waals surface area contributed by atoms with E-state index in [1.165, 1.54) is 0 Å². The van der Waals surface area contributed by atoms with Crippen molar-refractivity contribution in [2.24, 2.45) is 17.8 Å². The number of rotatable bonds is 3. The second kappa shape index (κ2) is 4.75. The highest BCUT2D eigenvalue weighted by Crippen LogP contribution is 2.25. The van der Waals surface area contributed by atoms with Crippen molar-refractivity contribution in [1.82, 2.24) is 0 Å². The molecule has 0 fully saturated rings. The summed E-state index contributed by atoms with van der Waals surface area (Å²) in [4.78, 5) is 11.6. The first-order valence-corrected chi connectivity index (χ1v) is 5.55. The molecule has 1 rings (SSSR count). The molecule has 0 amide bonds. The summed E-state index contributed by atoms with van der Waals surface area (Å²) in [6.07, 6.45) is 4.79. The van der Waals surface area contributed by atoms with E-state index in [1.54, 1.807) is 6.08 Å². The number of carbonyl (C=O) groups is 1. The lowest BCUT2D eigenvalue weighted by Gasteiger charge is -2.24. The SMILES string of the molecule is CC(C)C1=CC(C(O)C(C)C)C(=O)C=C1. The Balaban J connectivity index is 2.89. The maximum atomic E-state index is 11.6. The van der Waals surface area contributed by atoms with E-state index >= 15 is 0 Å². The van der Waals surface area contributed by atoms with E-state index in [1.807, 2.05) is 26.0 Å². The highest BCUT2D eigenvalue weighted by atomic mass is 16.3. The molecular weight excluding hydrogens is 188 g/mol. The van der Waals surface area contributed by atoms with E-state index in [-0.39, 0.29) is 17.6 Å². The van der Waals surface area contributed by atoms with E-state index < -0.39 is 6.10 Å². The molecule has 0 radical (unpaired) electrons. The quantitative estimate of drug-likeness (QED) is 0.773. The van der Waals surface area contributed by atoms with Gasteiger partial charge in [-0.05, 0) is 23.5 Å². The van der Waals surface area contributed by atoms with Gasteiger partial charge in [0.1, 0.15) is 0 Å². The Labute approximate surface area is 91.7 Å². The summed E-state index contributed by atoms with van der Waals surface area (Å²) in [6.45, 7) is 8.04. The molecule has 1 aliphatic rings. The molecular formula is C13H20O2. The van der Waals surface area contributed by atoms with Crippen molar-refractivity contribution in [1.29, 1.82) is 0 Å². The standard InChI is InChI=1S/C13H20O2/c1-8(2)10-5-6-12(14)11(7-10)13(15)9(3)4/h5-9,11,13,15H,1-4H3. The minimum atomic E-state index is -0.573. The lowest BCUT2D eigenvalue weighted by atomic mass is 9.83. The van der Waals surface area contributed by atoms with E-state index in [0.29, 0.717) is 5.92 Å². The predicted molar refractivity (Wildman–Crippen MR) is 61.4 cm³/mol. The van der Waals surface area contributed by atoms with Crippen molar-refractivity contribution >= 4 is 5.78 Å². The van der Waals surface area contributed by atoms with Crippen molar-refractivity contribution in [3.05, 3.63) is 23.8 Å². The average Bonchev–Trinajstić information content (AvgIpc) is 2.16. The third-order valence-corrected chi connectivity index (χ3v) is 2.86. The summed E-state index contributed by atoms with van der Waals surface area (Å²) in [5.74, 6) is 0.166. The van der Waals surface area contributed by atoms with E-state index in [9.17, 15) is 9.90 Å². The highest BCUT2D eigenvalue weighted by molar-refractivity contribution is 5.95. The van der Waals surface area contributed by atoms with Gasteiger partial charge in [0.05, 0.1) is 12.0 Å². The van der Waals surface area contributed by atoms with Crippen LogP contribution in [0.5, 0.6) is 0 Å². The molecule has 84 valence electrons. The molecule has 1 N–H and O–H groups in total. The zero-order chi connectivity index (χ0) is 11.6. The minimum Gasteiger partial charge on any atom is -0.392 e. The summed E-state index contributed by atoms with van der Waals surface area (Å²) < 4.78 is 0. The van der Waals surface area contributed by atoms with Crippen molar-refractivity contribution in [3.8, 4) is 0 Å². The number of aliphatic hydroxyl groups is 1. The Kier molecular flexibility index (Phi) is 3.86. The first-order valence-electron chi connectivity index (χ1n) is 5.55. The summed E-state index contributed by atoms with van der Waals surface area (Å²) in [7, 11) is 0. The lowest BCUT2D eigenvalue weighted by molar-refractivity contribution is -0.120. The topological polar surface area (TPSA) is 37.3 Å². The van der Waals surface area contributed by atoms with Gasteiger partial charge in [0.2, 0.25) is 0 Å². The van der Waals surface area contributed by atoms with Crippen LogP contribution in [0.3, 0.4) is 0 Å². The van der Waals surface area contributed by atoms with Crippen LogP contribution in [-0.2, 0) is 4.79 Å². The van der Waals surface area contributed by atoms with E-state index in [4.69, 9.17) is 0 Å². The van der Waals surface area contributed by atoms with Gasteiger partial charge >= 0.3 is 0 Å². The van der Waals surface area contributed by atoms with E-state index in [0.717, 1.165) is 5.57 Å². The number of hydrogen-bond donors (Lipinski definition) is 1. The van der Waals surface area contributed by atoms with Gasteiger partial charge in [-0.1, -0.05) is 39.8 Å². The van der Waals surface area contributed by atoms with Crippen molar-refractivity contribution in [3.63, 3.8) is 0 Å². The molecule has 0 aromatic rings. The first kappa shape index (κ1) is 12.2. The van der Waals surface area contributed by atoms with Crippen LogP contribution in [0.25, 0.3) is 0 Å². The third kappa shape index (κ3) is 2.78. The summed E-state index contributed by atoms with van der Waals surface area (Å²) in [5, 5.41) is 9.92. The van der Waals surface area contributed by atoms with E-state index in [2.05, 4.69) is 13.8 Å². The summed E-state index contributed by atoms with van der Waals surface area (Å²) in [6, 6.07) is 0. The number of ketones is 1. The number of hydrogen-bond acceptors (Lipinski definition) is 2. The van der Waals surface area contributed by atoms with Crippen LogP contribution in [0.1, 0.15) is 27.7 Å². The first-order chi connectivity index (χ1) is 6.93. The van der Waals surface area contributed by atoms with Gasteiger partial charge in [0, 0.05) is 0 Å². The Hall–Kier alpha value is -0.890. The maximum absolute atomic E-state index is 11.6. The van der Waals surface area contributed by atoms with Crippen molar-refractivity contribution < 1.29 is 9.90 Å². The molecule has 15 heavy (non-hydrogen) atoms. The molecule has 0 aromatic heterocycles. The van der Waals surface area contributed by atoms with Crippen LogP contribution in [0.4, 0.5) is 0 Å². The molecule has 0 bridgehead atoms. The zero-order valence-corrected chi connectivity index (χ0v) is 9.90. The molecule has 0 spiro atoms. The molecule has 2 atom stereocenters. The molecule has 2 nitrogen and oxygen atoms in total. The van der Waals surface area contributed by atoms with Gasteiger partial charge in [0.15, 0.2) is 5.78 Å². The number of allylic oxidation sites excluding steroid dienone is 3. The van der Waals surface area contributed by atoms with Crippen molar-refractivity contribution in [2.75, 3.05) is 0 Å². The molecule has 1 aliphatic carbocycles. The molecule has 0 heterocycles. The molecule has 0 aromatic carbocycles. The Bertz CT molecular complexity index is 298. The average molecular weight is 208 g/mol. The van der Waals surface area contributed by atoms with Crippen LogP contribution >= 0.6 is 0 Å². The third-order valence-electron chi connectivity index (χ3n) is 2.86. The Morgan fingerprint density at radius 3 is 2.27 bits per heavy atom. The number of aliphatic hydroxyl groups excluding tert-OH is 1. The summed E-state index contributed by atoms with van der Waals surface area (Å²) >= 11 is 0. The Morgan fingerprint density at radius 2 is 1.80 bits per heavy atom. The normalized spacial score (nSPS) is 23.5. The van der Waals surface area contributed by atoms with Gasteiger partial charge in [-0.3, -0.25) is 4.79 Å². The van der Waals surface area contributed by atoms with Gasteiger partial charge < -0.3 is 5.11 Å². The smallest absolute Gasteiger partial charge is 0.165 e. The van der Waals surface area contributed by atoms with Crippen LogP contribution in [0.15, 0.2) is 23.8 Å². The van der Waals surface area contributed by atoms with Crippen LogP contribution < -0.4 is 0 Å². The largest absolute Gasteiger partial charge is 0.392 e. The molecule has 0 aliphatic heterocycles. The molecule has 2 heteroatoms. The summed E-state index contributed by atoms with van der Waals surface area (Å²) in [5.41, 5.74) is 1.14. The zero-order valence-electron chi connectivity index (χ0n) is 9.90.